The predicted molar refractivity (Wildman–Crippen MR) is 125 cm³/mol. The molecule has 0 bridgehead atoms. The molecular weight excluding hydrogens is 471 g/mol. The number of hydrogen-bond donors (Lipinski definition) is 1. The van der Waals surface area contributed by atoms with Crippen LogP contribution in [0.15, 0.2) is 78.9 Å². The lowest BCUT2D eigenvalue weighted by Crippen LogP contribution is -2.55. The molecule has 4 amide bonds. The number of nitro groups is 1. The van der Waals surface area contributed by atoms with Gasteiger partial charge in [-0.05, 0) is 35.9 Å². The summed E-state index contributed by atoms with van der Waals surface area (Å²) < 4.78 is 13.7. The molecule has 1 unspecified atom stereocenters. The van der Waals surface area contributed by atoms with Gasteiger partial charge in [0.25, 0.3) is 17.5 Å². The fourth-order valence-corrected chi connectivity index (χ4v) is 3.79. The molecule has 0 aliphatic carbocycles. The molecular formula is C25H19FN4O6. The fourth-order valence-electron chi connectivity index (χ4n) is 3.79. The van der Waals surface area contributed by atoms with Crippen molar-refractivity contribution in [1.82, 2.24) is 10.4 Å². The molecule has 10 nitrogen and oxygen atoms in total. The van der Waals surface area contributed by atoms with Crippen molar-refractivity contribution in [3.63, 3.8) is 0 Å². The highest BCUT2D eigenvalue weighted by Gasteiger charge is 2.45. The van der Waals surface area contributed by atoms with Gasteiger partial charge in [-0.25, -0.2) is 14.3 Å². The second kappa shape index (κ2) is 10.1. The lowest BCUT2D eigenvalue weighted by molar-refractivity contribution is -0.384. The van der Waals surface area contributed by atoms with Gasteiger partial charge in [-0.3, -0.25) is 34.7 Å². The molecule has 1 aliphatic heterocycles. The maximum absolute atomic E-state index is 13.7. The molecule has 1 N–H and O–H groups in total. The molecule has 0 saturated carbocycles. The number of halogens is 1. The molecule has 1 saturated heterocycles. The van der Waals surface area contributed by atoms with Crippen LogP contribution < -0.4 is 10.3 Å². The van der Waals surface area contributed by atoms with Crippen LogP contribution in [0, 0.1) is 15.9 Å². The first kappa shape index (κ1) is 24.2. The summed E-state index contributed by atoms with van der Waals surface area (Å²) in [5.41, 5.74) is 2.75. The van der Waals surface area contributed by atoms with Crippen molar-refractivity contribution in [2.75, 3.05) is 4.90 Å². The topological polar surface area (TPSA) is 130 Å². The molecule has 1 aliphatic rings. The number of hydrazine groups is 1. The summed E-state index contributed by atoms with van der Waals surface area (Å²) in [5, 5.41) is 11.7. The first-order chi connectivity index (χ1) is 17.2. The largest absolute Gasteiger partial charge is 0.274 e. The van der Waals surface area contributed by atoms with E-state index in [1.54, 1.807) is 30.3 Å². The lowest BCUT2D eigenvalue weighted by Gasteiger charge is -2.28. The number of carbonyl (C=O) groups is 4. The summed E-state index contributed by atoms with van der Waals surface area (Å²) in [5.74, 6) is -3.65. The number of rotatable bonds is 6. The van der Waals surface area contributed by atoms with Crippen molar-refractivity contribution >= 4 is 35.0 Å². The van der Waals surface area contributed by atoms with Crippen LogP contribution in [0.25, 0.3) is 0 Å². The molecule has 0 aromatic heterocycles. The Balaban J connectivity index is 1.64. The van der Waals surface area contributed by atoms with Crippen molar-refractivity contribution in [3.05, 3.63) is 106 Å². The van der Waals surface area contributed by atoms with Crippen LogP contribution in [0.2, 0.25) is 0 Å². The van der Waals surface area contributed by atoms with E-state index in [9.17, 15) is 33.7 Å². The highest BCUT2D eigenvalue weighted by Crippen LogP contribution is 2.27. The third-order valence-corrected chi connectivity index (χ3v) is 5.50. The Labute approximate surface area is 204 Å². The Morgan fingerprint density at radius 2 is 1.72 bits per heavy atom. The molecule has 182 valence electrons. The molecule has 1 heterocycles. The minimum Gasteiger partial charge on any atom is -0.274 e. The van der Waals surface area contributed by atoms with Crippen molar-refractivity contribution in [3.8, 4) is 0 Å². The number of non-ortho nitro benzene ring substituents is 1. The van der Waals surface area contributed by atoms with Crippen LogP contribution >= 0.6 is 0 Å². The number of hydrogen-bond acceptors (Lipinski definition) is 6. The van der Waals surface area contributed by atoms with Gasteiger partial charge in [-0.15, -0.1) is 0 Å². The Morgan fingerprint density at radius 3 is 2.36 bits per heavy atom. The smallest absolute Gasteiger partial charge is 0.273 e. The molecule has 1 atom stereocenters. The summed E-state index contributed by atoms with van der Waals surface area (Å²) in [6, 6.07) is 16.7. The number of anilines is 1. The Hall–Kier alpha value is -4.93. The van der Waals surface area contributed by atoms with Crippen LogP contribution in [0.4, 0.5) is 15.8 Å². The Bertz CT molecular complexity index is 1350. The molecule has 1 fully saturated rings. The van der Waals surface area contributed by atoms with E-state index in [-0.39, 0.29) is 23.4 Å². The van der Waals surface area contributed by atoms with Gasteiger partial charge < -0.3 is 0 Å². The second-order valence-corrected chi connectivity index (χ2v) is 7.94. The van der Waals surface area contributed by atoms with Crippen LogP contribution in [0.5, 0.6) is 0 Å². The summed E-state index contributed by atoms with van der Waals surface area (Å²) in [6.07, 6.45) is -0.576. The highest BCUT2D eigenvalue weighted by molar-refractivity contribution is 6.23. The van der Waals surface area contributed by atoms with E-state index in [4.69, 9.17) is 0 Å². The van der Waals surface area contributed by atoms with E-state index in [1.165, 1.54) is 24.3 Å². The van der Waals surface area contributed by atoms with E-state index in [0.29, 0.717) is 5.56 Å². The maximum atomic E-state index is 13.7. The lowest BCUT2D eigenvalue weighted by atomic mass is 10.1. The van der Waals surface area contributed by atoms with E-state index in [1.807, 2.05) is 0 Å². The van der Waals surface area contributed by atoms with Gasteiger partial charge in [0.15, 0.2) is 0 Å². The molecule has 11 heteroatoms. The number of nitro benzene ring substituents is 1. The summed E-state index contributed by atoms with van der Waals surface area (Å²) in [4.78, 5) is 63.2. The molecule has 0 radical (unpaired) electrons. The van der Waals surface area contributed by atoms with Crippen LogP contribution in [-0.4, -0.2) is 39.6 Å². The van der Waals surface area contributed by atoms with Crippen molar-refractivity contribution < 1.29 is 28.5 Å². The molecule has 3 aromatic carbocycles. The number of nitrogens with one attached hydrogen (secondary N) is 1. The summed E-state index contributed by atoms with van der Waals surface area (Å²) in [6.45, 7) is 0. The van der Waals surface area contributed by atoms with E-state index in [2.05, 4.69) is 5.43 Å². The van der Waals surface area contributed by atoms with Gasteiger partial charge in [0.2, 0.25) is 11.8 Å². The quantitative estimate of drug-likeness (QED) is 0.321. The predicted octanol–water partition coefficient (Wildman–Crippen LogP) is 2.78. The zero-order valence-corrected chi connectivity index (χ0v) is 18.7. The summed E-state index contributed by atoms with van der Waals surface area (Å²) >= 11 is 0. The first-order valence-corrected chi connectivity index (χ1v) is 10.8. The minimum atomic E-state index is -1.41. The fraction of sp³-hybridized carbons (Fsp3) is 0.120. The number of carbonyl (C=O) groups excluding carboxylic acids is 4. The van der Waals surface area contributed by atoms with Gasteiger partial charge in [0.05, 0.1) is 23.5 Å². The zero-order chi connectivity index (χ0) is 25.8. The molecule has 0 spiro atoms. The normalized spacial score (nSPS) is 15.0. The second-order valence-electron chi connectivity index (χ2n) is 7.94. The van der Waals surface area contributed by atoms with Crippen LogP contribution in [-0.2, 0) is 20.8 Å². The minimum absolute atomic E-state index is 0.00848. The number of nitrogens with zero attached hydrogens (tertiary/aromatic N) is 3. The third kappa shape index (κ3) is 5.09. The third-order valence-electron chi connectivity index (χ3n) is 5.50. The van der Waals surface area contributed by atoms with E-state index >= 15 is 0 Å². The van der Waals surface area contributed by atoms with Gasteiger partial charge in [-0.2, -0.15) is 0 Å². The molecule has 36 heavy (non-hydrogen) atoms. The number of amides is 4. The number of imide groups is 1. The van der Waals surface area contributed by atoms with Crippen molar-refractivity contribution in [2.24, 2.45) is 0 Å². The van der Waals surface area contributed by atoms with E-state index in [0.717, 1.165) is 34.2 Å². The Kier molecular flexibility index (Phi) is 6.81. The van der Waals surface area contributed by atoms with Gasteiger partial charge in [0.1, 0.15) is 11.9 Å². The van der Waals surface area contributed by atoms with E-state index < -0.39 is 46.8 Å². The number of benzene rings is 3. The highest BCUT2D eigenvalue weighted by atomic mass is 19.1. The zero-order valence-electron chi connectivity index (χ0n) is 18.7. The summed E-state index contributed by atoms with van der Waals surface area (Å²) in [7, 11) is 0. The SMILES string of the molecule is O=C(Cc1ccccc1)NN(C(=O)c1ccc([N+](=O)[O-])cc1)C1CC(=O)N(c2cccc(F)c2)C1=O. The van der Waals surface area contributed by atoms with Gasteiger partial charge in [0, 0.05) is 17.7 Å². The van der Waals surface area contributed by atoms with Gasteiger partial charge in [-0.1, -0.05) is 36.4 Å². The van der Waals surface area contributed by atoms with Crippen molar-refractivity contribution in [2.45, 2.75) is 18.9 Å². The van der Waals surface area contributed by atoms with Crippen LogP contribution in [0.3, 0.4) is 0 Å². The van der Waals surface area contributed by atoms with Gasteiger partial charge >= 0.3 is 0 Å². The molecule has 4 rings (SSSR count). The average Bonchev–Trinajstić information content (AvgIpc) is 3.16. The Morgan fingerprint density at radius 1 is 1.03 bits per heavy atom. The maximum Gasteiger partial charge on any atom is 0.273 e. The monoisotopic (exact) mass is 490 g/mol. The average molecular weight is 490 g/mol. The van der Waals surface area contributed by atoms with Crippen LogP contribution in [0.1, 0.15) is 22.3 Å². The first-order valence-electron chi connectivity index (χ1n) is 10.8. The van der Waals surface area contributed by atoms with Crippen molar-refractivity contribution in [1.29, 1.82) is 0 Å². The standard InChI is InChI=1S/C25H19FN4O6/c26-18-7-4-8-20(14-18)28-23(32)15-21(25(28)34)29(27-22(31)13-16-5-2-1-3-6-16)24(33)17-9-11-19(12-10-17)30(35)36/h1-12,14,21H,13,15H2,(H,27,31). The molecule has 3 aromatic rings.